The predicted molar refractivity (Wildman–Crippen MR) is 95.6 cm³/mol. The molecular weight excluding hydrogens is 352 g/mol. The van der Waals surface area contributed by atoms with Gasteiger partial charge >= 0.3 is 0 Å². The average molecular weight is 368 g/mol. The Kier molecular flexibility index (Phi) is 3.33. The molecule has 26 heavy (non-hydrogen) atoms. The van der Waals surface area contributed by atoms with Crippen LogP contribution in [0.15, 0.2) is 58.1 Å². The number of fused-ring (bicyclic) bond motifs is 4. The third-order valence-corrected chi connectivity index (χ3v) is 6.69. The molecule has 7 heteroatoms. The number of anilines is 1. The number of sulfonamides is 1. The Balaban J connectivity index is 1.62. The number of nitrogens with zero attached hydrogens (tertiary/aromatic N) is 2. The molecule has 132 valence electrons. The maximum Gasteiger partial charge on any atom is 0.264 e. The summed E-state index contributed by atoms with van der Waals surface area (Å²) in [5, 5.41) is 3.80. The van der Waals surface area contributed by atoms with Crippen molar-refractivity contribution in [2.24, 2.45) is 0 Å². The maximum absolute atomic E-state index is 13.3. The molecule has 0 bridgehead atoms. The number of aromatic nitrogens is 1. The number of aryl methyl sites for hydroxylation is 1. The quantitative estimate of drug-likeness (QED) is 0.693. The molecule has 0 saturated heterocycles. The molecule has 0 radical (unpaired) electrons. The molecule has 0 fully saturated rings. The highest BCUT2D eigenvalue weighted by molar-refractivity contribution is 7.92. The Labute approximate surface area is 151 Å². The second-order valence-electron chi connectivity index (χ2n) is 6.44. The van der Waals surface area contributed by atoms with E-state index in [1.165, 1.54) is 4.31 Å². The lowest BCUT2D eigenvalue weighted by molar-refractivity contribution is 0.297. The molecule has 0 saturated carbocycles. The summed E-state index contributed by atoms with van der Waals surface area (Å²) in [6, 6.07) is 12.5. The van der Waals surface area contributed by atoms with Crippen molar-refractivity contribution in [2.75, 3.05) is 10.8 Å². The molecule has 3 heterocycles. The number of rotatable bonds is 2. The molecule has 0 N–H and O–H groups in total. The zero-order valence-corrected chi connectivity index (χ0v) is 14.7. The third-order valence-electron chi connectivity index (χ3n) is 4.88. The summed E-state index contributed by atoms with van der Waals surface area (Å²) in [6.07, 6.45) is 3.29. The Bertz CT molecular complexity index is 1100. The second-order valence-corrected chi connectivity index (χ2v) is 8.30. The van der Waals surface area contributed by atoms with Gasteiger partial charge in [-0.05, 0) is 42.7 Å². The van der Waals surface area contributed by atoms with E-state index >= 15 is 0 Å². The van der Waals surface area contributed by atoms with Crippen molar-refractivity contribution in [1.29, 1.82) is 0 Å². The first-order valence-electron chi connectivity index (χ1n) is 8.46. The minimum absolute atomic E-state index is 0.223. The van der Waals surface area contributed by atoms with Crippen molar-refractivity contribution < 1.29 is 17.7 Å². The molecule has 3 aromatic rings. The first-order chi connectivity index (χ1) is 12.6. The van der Waals surface area contributed by atoms with Crippen LogP contribution in [-0.2, 0) is 23.1 Å². The lowest BCUT2D eigenvalue weighted by atomic mass is 10.0. The summed E-state index contributed by atoms with van der Waals surface area (Å²) in [6.45, 7) is 0.845. The molecule has 0 spiro atoms. The highest BCUT2D eigenvalue weighted by atomic mass is 32.2. The van der Waals surface area contributed by atoms with Gasteiger partial charge < -0.3 is 9.26 Å². The molecule has 1 aromatic heterocycles. The van der Waals surface area contributed by atoms with Crippen LogP contribution in [0.3, 0.4) is 0 Å². The number of para-hydroxylation sites is 1. The predicted octanol–water partition coefficient (Wildman–Crippen LogP) is 3.38. The van der Waals surface area contributed by atoms with Crippen molar-refractivity contribution in [2.45, 2.75) is 24.3 Å². The van der Waals surface area contributed by atoms with Crippen molar-refractivity contribution in [1.82, 2.24) is 5.16 Å². The maximum atomic E-state index is 13.3. The fraction of sp³-hybridized carbons (Fsp3) is 0.211. The fourth-order valence-corrected chi connectivity index (χ4v) is 5.16. The number of hydrogen-bond donors (Lipinski definition) is 0. The van der Waals surface area contributed by atoms with E-state index in [1.807, 2.05) is 24.3 Å². The largest absolute Gasteiger partial charge is 0.488 e. The Hall–Kier alpha value is -2.80. The molecular formula is C19H16N2O4S. The van der Waals surface area contributed by atoms with Crippen LogP contribution < -0.4 is 9.04 Å². The first-order valence-corrected chi connectivity index (χ1v) is 9.90. The first kappa shape index (κ1) is 15.5. The smallest absolute Gasteiger partial charge is 0.264 e. The van der Waals surface area contributed by atoms with Crippen molar-refractivity contribution in [3.63, 3.8) is 0 Å². The number of hydrogen-bond acceptors (Lipinski definition) is 5. The topological polar surface area (TPSA) is 72.6 Å². The van der Waals surface area contributed by atoms with E-state index in [0.717, 1.165) is 29.7 Å². The number of ether oxygens (including phenoxy) is 1. The SMILES string of the molecule is O=S(=O)(c1ccc2c(c1)-c1oncc1CO2)N1CCCc2ccccc21. The third kappa shape index (κ3) is 2.24. The van der Waals surface area contributed by atoms with Crippen LogP contribution in [0.5, 0.6) is 5.75 Å². The highest BCUT2D eigenvalue weighted by Crippen LogP contribution is 2.40. The summed E-state index contributed by atoms with van der Waals surface area (Å²) < 4.78 is 39.1. The van der Waals surface area contributed by atoms with Crippen LogP contribution in [0.2, 0.25) is 0 Å². The van der Waals surface area contributed by atoms with Gasteiger partial charge in [0.1, 0.15) is 12.4 Å². The van der Waals surface area contributed by atoms with E-state index < -0.39 is 10.0 Å². The molecule has 0 amide bonds. The van der Waals surface area contributed by atoms with Crippen LogP contribution in [0.25, 0.3) is 11.3 Å². The van der Waals surface area contributed by atoms with Gasteiger partial charge in [-0.2, -0.15) is 0 Å². The van der Waals surface area contributed by atoms with Crippen LogP contribution in [0.1, 0.15) is 17.5 Å². The van der Waals surface area contributed by atoms with Gasteiger partial charge in [-0.15, -0.1) is 0 Å². The van der Waals surface area contributed by atoms with E-state index in [2.05, 4.69) is 5.16 Å². The van der Waals surface area contributed by atoms with Crippen LogP contribution in [0, 0.1) is 0 Å². The molecule has 0 unspecified atom stereocenters. The van der Waals surface area contributed by atoms with Gasteiger partial charge in [0.2, 0.25) is 0 Å². The molecule has 2 aliphatic heterocycles. The summed E-state index contributed by atoms with van der Waals surface area (Å²) >= 11 is 0. The summed E-state index contributed by atoms with van der Waals surface area (Å²) in [5.74, 6) is 1.18. The van der Waals surface area contributed by atoms with Crippen LogP contribution in [-0.4, -0.2) is 20.1 Å². The summed E-state index contributed by atoms with van der Waals surface area (Å²) in [5.41, 5.74) is 3.25. The van der Waals surface area contributed by atoms with Crippen molar-refractivity contribution >= 4 is 15.7 Å². The average Bonchev–Trinajstić information content (AvgIpc) is 3.16. The second kappa shape index (κ2) is 5.60. The van der Waals surface area contributed by atoms with Crippen LogP contribution in [0.4, 0.5) is 5.69 Å². The minimum Gasteiger partial charge on any atom is -0.488 e. The molecule has 0 atom stereocenters. The van der Waals surface area contributed by atoms with Gasteiger partial charge in [-0.1, -0.05) is 23.4 Å². The van der Waals surface area contributed by atoms with Crippen molar-refractivity contribution in [3.8, 4) is 17.1 Å². The fourth-order valence-electron chi connectivity index (χ4n) is 3.59. The monoisotopic (exact) mass is 368 g/mol. The lowest BCUT2D eigenvalue weighted by Crippen LogP contribution is -2.35. The summed E-state index contributed by atoms with van der Waals surface area (Å²) in [7, 11) is -3.68. The van der Waals surface area contributed by atoms with Gasteiger partial charge in [0.05, 0.1) is 27.9 Å². The Morgan fingerprint density at radius 1 is 1.08 bits per heavy atom. The van der Waals surface area contributed by atoms with Gasteiger partial charge in [-0.3, -0.25) is 4.31 Å². The standard InChI is InChI=1S/C19H16N2O4S/c22-26(23,21-9-3-5-13-4-1-2-6-17(13)21)15-7-8-18-16(10-15)19-14(12-24-18)11-20-25-19/h1-2,4,6-8,10-11H,3,5,9,12H2. The Morgan fingerprint density at radius 2 is 1.96 bits per heavy atom. The van der Waals surface area contributed by atoms with E-state index in [1.54, 1.807) is 24.4 Å². The van der Waals surface area contributed by atoms with E-state index in [-0.39, 0.29) is 4.90 Å². The van der Waals surface area contributed by atoms with Crippen molar-refractivity contribution in [3.05, 3.63) is 59.8 Å². The molecule has 6 nitrogen and oxygen atoms in total. The highest BCUT2D eigenvalue weighted by Gasteiger charge is 2.31. The minimum atomic E-state index is -3.68. The lowest BCUT2D eigenvalue weighted by Gasteiger charge is -2.30. The van der Waals surface area contributed by atoms with E-state index in [9.17, 15) is 8.42 Å². The van der Waals surface area contributed by atoms with Gasteiger partial charge in [0.25, 0.3) is 10.0 Å². The van der Waals surface area contributed by atoms with Gasteiger partial charge in [0.15, 0.2) is 5.76 Å². The Morgan fingerprint density at radius 3 is 2.88 bits per heavy atom. The van der Waals surface area contributed by atoms with E-state index in [4.69, 9.17) is 9.26 Å². The molecule has 2 aliphatic rings. The molecule has 5 rings (SSSR count). The van der Waals surface area contributed by atoms with Gasteiger partial charge in [0, 0.05) is 6.54 Å². The van der Waals surface area contributed by atoms with E-state index in [0.29, 0.717) is 30.2 Å². The van der Waals surface area contributed by atoms with Crippen LogP contribution >= 0.6 is 0 Å². The van der Waals surface area contributed by atoms with Gasteiger partial charge in [-0.25, -0.2) is 8.42 Å². The molecule has 0 aliphatic carbocycles. The summed E-state index contributed by atoms with van der Waals surface area (Å²) in [4.78, 5) is 0.223. The molecule has 2 aromatic carbocycles. The normalized spacial score (nSPS) is 15.6. The zero-order chi connectivity index (χ0) is 17.7. The zero-order valence-electron chi connectivity index (χ0n) is 13.9. The number of benzene rings is 2.